The average molecular weight is 300 g/mol. The molecule has 1 atom stereocenters. The summed E-state index contributed by atoms with van der Waals surface area (Å²) in [6.45, 7) is 2.25. The van der Waals surface area contributed by atoms with E-state index in [1.54, 1.807) is 26.3 Å². The Balaban J connectivity index is 1.95. The minimum absolute atomic E-state index is 0.262. The van der Waals surface area contributed by atoms with Crippen LogP contribution in [0.15, 0.2) is 42.6 Å². The molecular weight excluding hydrogens is 280 g/mol. The second-order valence-electron chi connectivity index (χ2n) is 4.88. The number of carbonyl (C=O) groups is 1. The number of pyridine rings is 1. The van der Waals surface area contributed by atoms with Gasteiger partial charge in [0.25, 0.3) is 0 Å². The summed E-state index contributed by atoms with van der Waals surface area (Å²) in [5.41, 5.74) is 7.40. The normalized spacial score (nSPS) is 11.6. The van der Waals surface area contributed by atoms with Gasteiger partial charge >= 0.3 is 0 Å². The number of ether oxygens (including phenoxy) is 1. The molecule has 0 radical (unpaired) electrons. The zero-order valence-electron chi connectivity index (χ0n) is 12.7. The zero-order valence-corrected chi connectivity index (χ0v) is 12.7. The number of hydrogen-bond donors (Lipinski definition) is 3. The molecular formula is C16H20N4O2. The van der Waals surface area contributed by atoms with E-state index in [0.717, 1.165) is 17.0 Å². The van der Waals surface area contributed by atoms with Crippen LogP contribution >= 0.6 is 0 Å². The molecule has 0 aliphatic heterocycles. The van der Waals surface area contributed by atoms with Crippen LogP contribution < -0.4 is 21.1 Å². The Bertz CT molecular complexity index is 626. The Morgan fingerprint density at radius 3 is 2.73 bits per heavy atom. The molecule has 4 N–H and O–H groups in total. The van der Waals surface area contributed by atoms with Gasteiger partial charge in [0.15, 0.2) is 0 Å². The topological polar surface area (TPSA) is 89.3 Å². The minimum Gasteiger partial charge on any atom is -0.496 e. The predicted molar refractivity (Wildman–Crippen MR) is 86.8 cm³/mol. The standard InChI is InChI=1S/C16H20N4O2/c1-11(17)16(21)20-15-8-7-13(10-19-15)18-9-12-5-3-4-6-14(12)22-2/h3-8,10-11,18H,9,17H2,1-2H3,(H,19,20,21). The maximum absolute atomic E-state index is 11.5. The van der Waals surface area contributed by atoms with E-state index in [2.05, 4.69) is 15.6 Å². The number of carbonyl (C=O) groups excluding carboxylic acids is 1. The summed E-state index contributed by atoms with van der Waals surface area (Å²) in [5.74, 6) is 1.05. The molecule has 0 spiro atoms. The Hall–Kier alpha value is -2.60. The first kappa shape index (κ1) is 15.8. The van der Waals surface area contributed by atoms with Gasteiger partial charge < -0.3 is 21.1 Å². The summed E-state index contributed by atoms with van der Waals surface area (Å²) >= 11 is 0. The van der Waals surface area contributed by atoms with Gasteiger partial charge in [-0.15, -0.1) is 0 Å². The zero-order chi connectivity index (χ0) is 15.9. The fraction of sp³-hybridized carbons (Fsp3) is 0.250. The van der Waals surface area contributed by atoms with Crippen molar-refractivity contribution in [2.24, 2.45) is 5.73 Å². The number of nitrogens with two attached hydrogens (primary N) is 1. The fourth-order valence-corrected chi connectivity index (χ4v) is 1.86. The quantitative estimate of drug-likeness (QED) is 0.759. The molecule has 116 valence electrons. The molecule has 0 saturated heterocycles. The van der Waals surface area contributed by atoms with Crippen molar-refractivity contribution in [1.29, 1.82) is 0 Å². The molecule has 22 heavy (non-hydrogen) atoms. The minimum atomic E-state index is -0.565. The van der Waals surface area contributed by atoms with Crippen LogP contribution in [-0.4, -0.2) is 24.0 Å². The van der Waals surface area contributed by atoms with Crippen LogP contribution in [0, 0.1) is 0 Å². The lowest BCUT2D eigenvalue weighted by Crippen LogP contribution is -2.32. The number of hydrogen-bond acceptors (Lipinski definition) is 5. The Morgan fingerprint density at radius 1 is 1.32 bits per heavy atom. The number of aromatic nitrogens is 1. The van der Waals surface area contributed by atoms with Crippen LogP contribution in [0.1, 0.15) is 12.5 Å². The second kappa shape index (κ2) is 7.42. The molecule has 1 unspecified atom stereocenters. The van der Waals surface area contributed by atoms with Gasteiger partial charge in [-0.05, 0) is 25.1 Å². The van der Waals surface area contributed by atoms with Gasteiger partial charge in [0.05, 0.1) is 25.0 Å². The van der Waals surface area contributed by atoms with Gasteiger partial charge in [0, 0.05) is 12.1 Å². The smallest absolute Gasteiger partial charge is 0.242 e. The highest BCUT2D eigenvalue weighted by molar-refractivity contribution is 5.93. The molecule has 6 heteroatoms. The Morgan fingerprint density at radius 2 is 2.09 bits per heavy atom. The van der Waals surface area contributed by atoms with E-state index in [0.29, 0.717) is 12.4 Å². The van der Waals surface area contributed by atoms with Crippen molar-refractivity contribution in [2.75, 3.05) is 17.7 Å². The van der Waals surface area contributed by atoms with Crippen molar-refractivity contribution in [3.05, 3.63) is 48.2 Å². The molecule has 1 amide bonds. The summed E-state index contributed by atoms with van der Waals surface area (Å²) in [6.07, 6.45) is 1.66. The van der Waals surface area contributed by atoms with Crippen LogP contribution in [-0.2, 0) is 11.3 Å². The van der Waals surface area contributed by atoms with Crippen molar-refractivity contribution in [3.63, 3.8) is 0 Å². The number of anilines is 2. The van der Waals surface area contributed by atoms with Crippen LogP contribution in [0.4, 0.5) is 11.5 Å². The second-order valence-corrected chi connectivity index (χ2v) is 4.88. The van der Waals surface area contributed by atoms with Crippen LogP contribution in [0.2, 0.25) is 0 Å². The van der Waals surface area contributed by atoms with E-state index in [4.69, 9.17) is 10.5 Å². The molecule has 1 aromatic heterocycles. The summed E-state index contributed by atoms with van der Waals surface area (Å²) in [5, 5.41) is 5.90. The molecule has 0 aliphatic carbocycles. The number of nitrogens with one attached hydrogen (secondary N) is 2. The van der Waals surface area contributed by atoms with E-state index in [1.165, 1.54) is 0 Å². The largest absolute Gasteiger partial charge is 0.496 e. The molecule has 0 saturated carbocycles. The third-order valence-corrected chi connectivity index (χ3v) is 3.10. The van der Waals surface area contributed by atoms with Crippen molar-refractivity contribution < 1.29 is 9.53 Å². The molecule has 1 heterocycles. The first-order valence-electron chi connectivity index (χ1n) is 6.98. The van der Waals surface area contributed by atoms with Crippen molar-refractivity contribution in [1.82, 2.24) is 4.98 Å². The summed E-state index contributed by atoms with van der Waals surface area (Å²) in [4.78, 5) is 15.6. The molecule has 2 rings (SSSR count). The fourth-order valence-electron chi connectivity index (χ4n) is 1.86. The van der Waals surface area contributed by atoms with Gasteiger partial charge in [-0.25, -0.2) is 4.98 Å². The number of amides is 1. The molecule has 2 aromatic rings. The Kier molecular flexibility index (Phi) is 5.32. The van der Waals surface area contributed by atoms with Gasteiger partial charge in [-0.2, -0.15) is 0 Å². The summed E-state index contributed by atoms with van der Waals surface area (Å²) < 4.78 is 5.30. The van der Waals surface area contributed by atoms with E-state index in [9.17, 15) is 4.79 Å². The van der Waals surface area contributed by atoms with E-state index < -0.39 is 6.04 Å². The lowest BCUT2D eigenvalue weighted by Gasteiger charge is -2.11. The van der Waals surface area contributed by atoms with Crippen molar-refractivity contribution in [2.45, 2.75) is 19.5 Å². The van der Waals surface area contributed by atoms with Crippen LogP contribution in [0.5, 0.6) is 5.75 Å². The first-order chi connectivity index (χ1) is 10.6. The number of nitrogens with zero attached hydrogens (tertiary/aromatic N) is 1. The predicted octanol–water partition coefficient (Wildman–Crippen LogP) is 1.99. The van der Waals surface area contributed by atoms with Gasteiger partial charge in [0.2, 0.25) is 5.91 Å². The van der Waals surface area contributed by atoms with E-state index in [-0.39, 0.29) is 5.91 Å². The van der Waals surface area contributed by atoms with E-state index >= 15 is 0 Å². The van der Waals surface area contributed by atoms with Crippen molar-refractivity contribution >= 4 is 17.4 Å². The number of rotatable bonds is 6. The Labute approximate surface area is 129 Å². The highest BCUT2D eigenvalue weighted by atomic mass is 16.5. The van der Waals surface area contributed by atoms with Gasteiger partial charge in [-0.1, -0.05) is 18.2 Å². The number of methoxy groups -OCH3 is 1. The number of para-hydroxylation sites is 1. The number of benzene rings is 1. The highest BCUT2D eigenvalue weighted by Crippen LogP contribution is 2.19. The highest BCUT2D eigenvalue weighted by Gasteiger charge is 2.08. The molecule has 6 nitrogen and oxygen atoms in total. The lowest BCUT2D eigenvalue weighted by atomic mass is 10.2. The third kappa shape index (κ3) is 4.20. The monoisotopic (exact) mass is 300 g/mol. The summed E-state index contributed by atoms with van der Waals surface area (Å²) in [6, 6.07) is 10.8. The van der Waals surface area contributed by atoms with Gasteiger partial charge in [-0.3, -0.25) is 4.79 Å². The van der Waals surface area contributed by atoms with E-state index in [1.807, 2.05) is 30.3 Å². The molecule has 0 fully saturated rings. The van der Waals surface area contributed by atoms with Crippen LogP contribution in [0.3, 0.4) is 0 Å². The molecule has 1 aromatic carbocycles. The van der Waals surface area contributed by atoms with Crippen LogP contribution in [0.25, 0.3) is 0 Å². The van der Waals surface area contributed by atoms with Crippen molar-refractivity contribution in [3.8, 4) is 5.75 Å². The first-order valence-corrected chi connectivity index (χ1v) is 6.98. The average Bonchev–Trinajstić information content (AvgIpc) is 2.54. The summed E-state index contributed by atoms with van der Waals surface area (Å²) in [7, 11) is 1.65. The molecule has 0 aliphatic rings. The lowest BCUT2D eigenvalue weighted by molar-refractivity contribution is -0.117. The SMILES string of the molecule is COc1ccccc1CNc1ccc(NC(=O)C(C)N)nc1. The molecule has 0 bridgehead atoms. The maximum atomic E-state index is 11.5. The maximum Gasteiger partial charge on any atom is 0.242 e. The third-order valence-electron chi connectivity index (χ3n) is 3.10. The van der Waals surface area contributed by atoms with Gasteiger partial charge in [0.1, 0.15) is 11.6 Å².